The van der Waals surface area contributed by atoms with Crippen molar-refractivity contribution in [1.82, 2.24) is 9.55 Å². The molecule has 0 fully saturated rings. The predicted octanol–water partition coefficient (Wildman–Crippen LogP) is 1.44. The van der Waals surface area contributed by atoms with Crippen molar-refractivity contribution in [3.8, 4) is 0 Å². The molecule has 18 heavy (non-hydrogen) atoms. The van der Waals surface area contributed by atoms with Gasteiger partial charge >= 0.3 is 5.97 Å². The number of carbonyl (C=O) groups is 1. The summed E-state index contributed by atoms with van der Waals surface area (Å²) in [6, 6.07) is 7.52. The minimum absolute atomic E-state index is 0.0744. The summed E-state index contributed by atoms with van der Waals surface area (Å²) in [5, 5.41) is 17.7. The lowest BCUT2D eigenvalue weighted by Gasteiger charge is -2.05. The Labute approximate surface area is 105 Å². The van der Waals surface area contributed by atoms with Crippen LogP contribution in [-0.4, -0.2) is 32.3 Å². The van der Waals surface area contributed by atoms with E-state index in [1.54, 1.807) is 4.57 Å². The van der Waals surface area contributed by atoms with Crippen molar-refractivity contribution in [3.63, 3.8) is 0 Å². The maximum absolute atomic E-state index is 10.9. The molecule has 96 valence electrons. The highest BCUT2D eigenvalue weighted by atomic mass is 16.4. The van der Waals surface area contributed by atoms with Gasteiger partial charge in [-0.05, 0) is 25.0 Å². The molecule has 1 aromatic heterocycles. The molecular weight excluding hydrogens is 232 g/mol. The van der Waals surface area contributed by atoms with Gasteiger partial charge in [-0.25, -0.2) is 4.98 Å². The first kappa shape index (κ1) is 12.6. The topological polar surface area (TPSA) is 75.3 Å². The first-order valence-electron chi connectivity index (χ1n) is 5.99. The van der Waals surface area contributed by atoms with Crippen LogP contribution in [0.15, 0.2) is 24.3 Å². The fourth-order valence-corrected chi connectivity index (χ4v) is 2.02. The number of para-hydroxylation sites is 2. The van der Waals surface area contributed by atoms with Crippen LogP contribution in [0.2, 0.25) is 0 Å². The quantitative estimate of drug-likeness (QED) is 0.758. The number of hydrogen-bond acceptors (Lipinski definition) is 3. The zero-order valence-electron chi connectivity index (χ0n) is 10.0. The van der Waals surface area contributed by atoms with Crippen LogP contribution in [0.1, 0.15) is 18.7 Å². The standard InChI is InChI=1S/C13H16N2O3/c16-8-4-3-7-12-14-10-5-1-2-6-11(10)15(12)9-13(17)18/h1-2,5-6,16H,3-4,7-9H2,(H,17,18). The van der Waals surface area contributed by atoms with Crippen LogP contribution in [0.5, 0.6) is 0 Å². The molecule has 0 bridgehead atoms. The molecule has 0 saturated carbocycles. The summed E-state index contributed by atoms with van der Waals surface area (Å²) in [6.45, 7) is 0.0775. The van der Waals surface area contributed by atoms with Crippen LogP contribution in [0, 0.1) is 0 Å². The smallest absolute Gasteiger partial charge is 0.323 e. The van der Waals surface area contributed by atoms with E-state index >= 15 is 0 Å². The van der Waals surface area contributed by atoms with Crippen molar-refractivity contribution in [1.29, 1.82) is 0 Å². The van der Waals surface area contributed by atoms with E-state index in [4.69, 9.17) is 10.2 Å². The SMILES string of the molecule is O=C(O)Cn1c(CCCCO)nc2ccccc21. The number of imidazole rings is 1. The van der Waals surface area contributed by atoms with Crippen molar-refractivity contribution >= 4 is 17.0 Å². The lowest BCUT2D eigenvalue weighted by atomic mass is 10.2. The molecular formula is C13H16N2O3. The monoisotopic (exact) mass is 248 g/mol. The van der Waals surface area contributed by atoms with Crippen molar-refractivity contribution in [2.24, 2.45) is 0 Å². The molecule has 0 spiro atoms. The van der Waals surface area contributed by atoms with Crippen LogP contribution in [0.3, 0.4) is 0 Å². The van der Waals surface area contributed by atoms with E-state index in [1.807, 2.05) is 24.3 Å². The molecule has 0 saturated heterocycles. The average molecular weight is 248 g/mol. The number of unbranched alkanes of at least 4 members (excludes halogenated alkanes) is 1. The average Bonchev–Trinajstić information content (AvgIpc) is 2.68. The Balaban J connectivity index is 2.33. The van der Waals surface area contributed by atoms with Crippen molar-refractivity contribution in [3.05, 3.63) is 30.1 Å². The van der Waals surface area contributed by atoms with Gasteiger partial charge in [0.05, 0.1) is 11.0 Å². The van der Waals surface area contributed by atoms with E-state index < -0.39 is 5.97 Å². The molecule has 0 unspecified atom stereocenters. The number of carboxylic acid groups (broad SMARTS) is 1. The van der Waals surface area contributed by atoms with Gasteiger partial charge in [-0.1, -0.05) is 12.1 Å². The summed E-state index contributed by atoms with van der Waals surface area (Å²) < 4.78 is 1.73. The van der Waals surface area contributed by atoms with E-state index in [0.717, 1.165) is 23.3 Å². The second-order valence-electron chi connectivity index (χ2n) is 4.18. The number of aliphatic hydroxyl groups is 1. The van der Waals surface area contributed by atoms with Crippen LogP contribution in [0.25, 0.3) is 11.0 Å². The summed E-state index contributed by atoms with van der Waals surface area (Å²) in [5.74, 6) is -0.103. The largest absolute Gasteiger partial charge is 0.480 e. The highest BCUT2D eigenvalue weighted by Gasteiger charge is 2.12. The van der Waals surface area contributed by atoms with Gasteiger partial charge in [-0.15, -0.1) is 0 Å². The molecule has 0 aliphatic carbocycles. The Morgan fingerprint density at radius 1 is 1.28 bits per heavy atom. The van der Waals surface area contributed by atoms with E-state index in [0.29, 0.717) is 12.8 Å². The summed E-state index contributed by atoms with van der Waals surface area (Å²) in [5.41, 5.74) is 1.66. The zero-order chi connectivity index (χ0) is 13.0. The van der Waals surface area contributed by atoms with E-state index in [1.165, 1.54) is 0 Å². The molecule has 2 aromatic rings. The fourth-order valence-electron chi connectivity index (χ4n) is 2.02. The second kappa shape index (κ2) is 5.64. The normalized spacial score (nSPS) is 10.9. The molecule has 5 nitrogen and oxygen atoms in total. The Morgan fingerprint density at radius 2 is 2.06 bits per heavy atom. The number of aromatic nitrogens is 2. The summed E-state index contributed by atoms with van der Waals surface area (Å²) >= 11 is 0. The number of carboxylic acids is 1. The second-order valence-corrected chi connectivity index (χ2v) is 4.18. The lowest BCUT2D eigenvalue weighted by molar-refractivity contribution is -0.137. The van der Waals surface area contributed by atoms with E-state index in [-0.39, 0.29) is 13.2 Å². The lowest BCUT2D eigenvalue weighted by Crippen LogP contribution is -2.12. The van der Waals surface area contributed by atoms with E-state index in [2.05, 4.69) is 4.98 Å². The molecule has 0 amide bonds. The van der Waals surface area contributed by atoms with Gasteiger partial charge < -0.3 is 14.8 Å². The summed E-state index contributed by atoms with van der Waals surface area (Å²) in [7, 11) is 0. The first-order valence-corrected chi connectivity index (χ1v) is 5.99. The number of hydrogen-bond donors (Lipinski definition) is 2. The third-order valence-corrected chi connectivity index (χ3v) is 2.84. The highest BCUT2D eigenvalue weighted by Crippen LogP contribution is 2.17. The van der Waals surface area contributed by atoms with Gasteiger partial charge in [0, 0.05) is 13.0 Å². The molecule has 5 heteroatoms. The Hall–Kier alpha value is -1.88. The number of aliphatic carboxylic acids is 1. The number of rotatable bonds is 6. The van der Waals surface area contributed by atoms with Crippen molar-refractivity contribution < 1.29 is 15.0 Å². The third kappa shape index (κ3) is 2.68. The third-order valence-electron chi connectivity index (χ3n) is 2.84. The van der Waals surface area contributed by atoms with Crippen LogP contribution in [0.4, 0.5) is 0 Å². The van der Waals surface area contributed by atoms with E-state index in [9.17, 15) is 4.79 Å². The zero-order valence-corrected chi connectivity index (χ0v) is 10.0. The summed E-state index contributed by atoms with van der Waals surface area (Å²) in [6.07, 6.45) is 2.19. The first-order chi connectivity index (χ1) is 8.72. The van der Waals surface area contributed by atoms with Gasteiger partial charge in [0.2, 0.25) is 0 Å². The van der Waals surface area contributed by atoms with Crippen molar-refractivity contribution in [2.75, 3.05) is 6.61 Å². The van der Waals surface area contributed by atoms with Crippen LogP contribution < -0.4 is 0 Å². The van der Waals surface area contributed by atoms with Gasteiger partial charge in [0.1, 0.15) is 12.4 Å². The van der Waals surface area contributed by atoms with Crippen LogP contribution >= 0.6 is 0 Å². The molecule has 0 atom stereocenters. The minimum atomic E-state index is -0.874. The number of benzene rings is 1. The number of nitrogens with zero attached hydrogens (tertiary/aromatic N) is 2. The Bertz CT molecular complexity index is 548. The maximum atomic E-state index is 10.9. The number of aryl methyl sites for hydroxylation is 1. The number of aliphatic hydroxyl groups excluding tert-OH is 1. The number of fused-ring (bicyclic) bond motifs is 1. The van der Waals surface area contributed by atoms with Gasteiger partial charge in [-0.3, -0.25) is 4.79 Å². The van der Waals surface area contributed by atoms with Gasteiger partial charge in [0.25, 0.3) is 0 Å². The van der Waals surface area contributed by atoms with Crippen LogP contribution in [-0.2, 0) is 17.8 Å². The molecule has 0 aliphatic heterocycles. The van der Waals surface area contributed by atoms with Gasteiger partial charge in [-0.2, -0.15) is 0 Å². The molecule has 1 aromatic carbocycles. The molecule has 2 rings (SSSR count). The minimum Gasteiger partial charge on any atom is -0.480 e. The summed E-state index contributed by atoms with van der Waals surface area (Å²) in [4.78, 5) is 15.4. The van der Waals surface area contributed by atoms with Gasteiger partial charge in [0.15, 0.2) is 0 Å². The fraction of sp³-hybridized carbons (Fsp3) is 0.385. The highest BCUT2D eigenvalue weighted by molar-refractivity contribution is 5.78. The molecule has 0 aliphatic rings. The molecule has 2 N–H and O–H groups in total. The molecule has 0 radical (unpaired) electrons. The Kier molecular flexibility index (Phi) is 3.94. The molecule has 1 heterocycles. The Morgan fingerprint density at radius 3 is 2.78 bits per heavy atom. The maximum Gasteiger partial charge on any atom is 0.323 e. The van der Waals surface area contributed by atoms with Crippen molar-refractivity contribution in [2.45, 2.75) is 25.8 Å². The predicted molar refractivity (Wildman–Crippen MR) is 67.4 cm³/mol.